The zero-order chi connectivity index (χ0) is 12.8. The molecule has 0 rings (SSSR count). The first-order valence-corrected chi connectivity index (χ1v) is 5.84. The van der Waals surface area contributed by atoms with E-state index in [1.807, 2.05) is 27.7 Å². The number of rotatable bonds is 6. The Morgan fingerprint density at radius 2 is 1.94 bits per heavy atom. The molecular formula is C12H25NO3. The first kappa shape index (κ1) is 15.4. The molecule has 2 N–H and O–H groups in total. The standard InChI is InChI=1S/C12H25NO3/c1-9(13-7-6-10(2)14)8-11(15)16-12(3,4)5/h9-10,13-14H,6-8H2,1-5H3. The zero-order valence-corrected chi connectivity index (χ0v) is 11.0. The quantitative estimate of drug-likeness (QED) is 0.680. The summed E-state index contributed by atoms with van der Waals surface area (Å²) in [6.07, 6.45) is 0.747. The Morgan fingerprint density at radius 1 is 1.38 bits per heavy atom. The molecule has 0 heterocycles. The minimum Gasteiger partial charge on any atom is -0.460 e. The van der Waals surface area contributed by atoms with E-state index in [0.717, 1.165) is 0 Å². The molecule has 2 unspecified atom stereocenters. The summed E-state index contributed by atoms with van der Waals surface area (Å²) in [4.78, 5) is 11.5. The van der Waals surface area contributed by atoms with Crippen LogP contribution in [0, 0.1) is 0 Å². The summed E-state index contributed by atoms with van der Waals surface area (Å²) in [7, 11) is 0. The molecule has 4 heteroatoms. The second-order valence-electron chi connectivity index (χ2n) is 5.28. The van der Waals surface area contributed by atoms with Gasteiger partial charge in [0.25, 0.3) is 0 Å². The number of hydrogen-bond acceptors (Lipinski definition) is 4. The van der Waals surface area contributed by atoms with Gasteiger partial charge in [0, 0.05) is 6.04 Å². The highest BCUT2D eigenvalue weighted by Crippen LogP contribution is 2.09. The number of carbonyl (C=O) groups is 1. The molecule has 4 nitrogen and oxygen atoms in total. The van der Waals surface area contributed by atoms with Crippen molar-refractivity contribution in [1.29, 1.82) is 0 Å². The first-order chi connectivity index (χ1) is 7.20. The van der Waals surface area contributed by atoms with E-state index in [4.69, 9.17) is 9.84 Å². The highest BCUT2D eigenvalue weighted by molar-refractivity contribution is 5.70. The van der Waals surface area contributed by atoms with E-state index in [1.54, 1.807) is 6.92 Å². The number of aliphatic hydroxyl groups is 1. The van der Waals surface area contributed by atoms with Gasteiger partial charge < -0.3 is 15.2 Å². The molecule has 0 fully saturated rings. The Bertz CT molecular complexity index is 209. The van der Waals surface area contributed by atoms with Crippen molar-refractivity contribution in [3.05, 3.63) is 0 Å². The third-order valence-corrected chi connectivity index (χ3v) is 1.95. The van der Waals surface area contributed by atoms with Crippen molar-refractivity contribution in [2.45, 2.75) is 65.2 Å². The summed E-state index contributed by atoms with van der Waals surface area (Å²) >= 11 is 0. The van der Waals surface area contributed by atoms with Gasteiger partial charge in [0.2, 0.25) is 0 Å². The average Bonchev–Trinajstić information content (AvgIpc) is 1.98. The van der Waals surface area contributed by atoms with Crippen LogP contribution in [-0.2, 0) is 9.53 Å². The van der Waals surface area contributed by atoms with Gasteiger partial charge in [-0.15, -0.1) is 0 Å². The van der Waals surface area contributed by atoms with Gasteiger partial charge in [-0.25, -0.2) is 0 Å². The van der Waals surface area contributed by atoms with Crippen LogP contribution >= 0.6 is 0 Å². The van der Waals surface area contributed by atoms with Crippen LogP contribution in [0.15, 0.2) is 0 Å². The van der Waals surface area contributed by atoms with Gasteiger partial charge in [-0.3, -0.25) is 4.79 Å². The summed E-state index contributed by atoms with van der Waals surface area (Å²) in [6.45, 7) is 9.97. The van der Waals surface area contributed by atoms with Crippen LogP contribution in [0.2, 0.25) is 0 Å². The van der Waals surface area contributed by atoms with Crippen molar-refractivity contribution in [3.8, 4) is 0 Å². The van der Waals surface area contributed by atoms with Crippen molar-refractivity contribution in [3.63, 3.8) is 0 Å². The maximum Gasteiger partial charge on any atom is 0.307 e. The van der Waals surface area contributed by atoms with E-state index in [2.05, 4.69) is 5.32 Å². The lowest BCUT2D eigenvalue weighted by molar-refractivity contribution is -0.155. The molecule has 0 aliphatic rings. The van der Waals surface area contributed by atoms with Gasteiger partial charge in [-0.05, 0) is 47.6 Å². The van der Waals surface area contributed by atoms with E-state index < -0.39 is 5.60 Å². The van der Waals surface area contributed by atoms with Crippen molar-refractivity contribution >= 4 is 5.97 Å². The molecule has 96 valence electrons. The van der Waals surface area contributed by atoms with Crippen LogP contribution in [0.1, 0.15) is 47.5 Å². The van der Waals surface area contributed by atoms with Crippen LogP contribution in [-0.4, -0.2) is 35.4 Å². The molecule has 0 bridgehead atoms. The summed E-state index contributed by atoms with van der Waals surface area (Å²) in [5.41, 5.74) is -0.420. The topological polar surface area (TPSA) is 58.6 Å². The van der Waals surface area contributed by atoms with Crippen LogP contribution in [0.5, 0.6) is 0 Å². The van der Waals surface area contributed by atoms with E-state index in [0.29, 0.717) is 19.4 Å². The van der Waals surface area contributed by atoms with E-state index in [-0.39, 0.29) is 18.1 Å². The largest absolute Gasteiger partial charge is 0.460 e. The summed E-state index contributed by atoms with van der Waals surface area (Å²) in [6, 6.07) is 0.0774. The van der Waals surface area contributed by atoms with Crippen molar-refractivity contribution in [1.82, 2.24) is 5.32 Å². The molecule has 0 aliphatic heterocycles. The van der Waals surface area contributed by atoms with Gasteiger partial charge in [-0.1, -0.05) is 0 Å². The summed E-state index contributed by atoms with van der Waals surface area (Å²) in [5.74, 6) is -0.190. The maximum absolute atomic E-state index is 11.5. The third kappa shape index (κ3) is 9.93. The molecule has 16 heavy (non-hydrogen) atoms. The first-order valence-electron chi connectivity index (χ1n) is 5.84. The predicted octanol–water partition coefficient (Wildman–Crippen LogP) is 1.47. The summed E-state index contributed by atoms with van der Waals surface area (Å²) in [5, 5.41) is 12.2. The highest BCUT2D eigenvalue weighted by Gasteiger charge is 2.18. The van der Waals surface area contributed by atoms with Crippen LogP contribution in [0.4, 0.5) is 0 Å². The van der Waals surface area contributed by atoms with Gasteiger partial charge >= 0.3 is 5.97 Å². The Hall–Kier alpha value is -0.610. The highest BCUT2D eigenvalue weighted by atomic mass is 16.6. The Labute approximate surface area is 98.4 Å². The number of ether oxygens (including phenoxy) is 1. The Morgan fingerprint density at radius 3 is 2.38 bits per heavy atom. The van der Waals surface area contributed by atoms with Gasteiger partial charge in [0.05, 0.1) is 12.5 Å². The number of aliphatic hydroxyl groups excluding tert-OH is 1. The Kier molecular flexibility index (Phi) is 6.60. The SMILES string of the molecule is CC(O)CCNC(C)CC(=O)OC(C)(C)C. The lowest BCUT2D eigenvalue weighted by Gasteiger charge is -2.21. The fourth-order valence-electron chi connectivity index (χ4n) is 1.24. The fraction of sp³-hybridized carbons (Fsp3) is 0.917. The molecule has 0 saturated carbocycles. The fourth-order valence-corrected chi connectivity index (χ4v) is 1.24. The van der Waals surface area contributed by atoms with Gasteiger partial charge in [0.15, 0.2) is 0 Å². The molecule has 0 radical (unpaired) electrons. The van der Waals surface area contributed by atoms with Crippen molar-refractivity contribution in [2.24, 2.45) is 0 Å². The molecule has 0 aromatic rings. The van der Waals surface area contributed by atoms with Crippen molar-refractivity contribution in [2.75, 3.05) is 6.54 Å². The minimum absolute atomic E-state index is 0.0774. The molecule has 0 aliphatic carbocycles. The molecular weight excluding hydrogens is 206 g/mol. The predicted molar refractivity (Wildman–Crippen MR) is 64.2 cm³/mol. The number of nitrogens with one attached hydrogen (secondary N) is 1. The number of esters is 1. The smallest absolute Gasteiger partial charge is 0.307 e. The zero-order valence-electron chi connectivity index (χ0n) is 11.0. The minimum atomic E-state index is -0.420. The second kappa shape index (κ2) is 6.86. The molecule has 2 atom stereocenters. The lowest BCUT2D eigenvalue weighted by atomic mass is 10.2. The van der Waals surface area contributed by atoms with Crippen LogP contribution < -0.4 is 5.32 Å². The average molecular weight is 231 g/mol. The molecule has 0 aromatic heterocycles. The maximum atomic E-state index is 11.5. The lowest BCUT2D eigenvalue weighted by Crippen LogP contribution is -2.33. The van der Waals surface area contributed by atoms with E-state index in [1.165, 1.54) is 0 Å². The molecule has 0 amide bonds. The molecule has 0 spiro atoms. The number of carbonyl (C=O) groups excluding carboxylic acids is 1. The Balaban J connectivity index is 3.70. The second-order valence-corrected chi connectivity index (χ2v) is 5.28. The number of hydrogen-bond donors (Lipinski definition) is 2. The monoisotopic (exact) mass is 231 g/mol. The van der Waals surface area contributed by atoms with Gasteiger partial charge in [0.1, 0.15) is 5.60 Å². The van der Waals surface area contributed by atoms with E-state index in [9.17, 15) is 4.79 Å². The van der Waals surface area contributed by atoms with Crippen LogP contribution in [0.25, 0.3) is 0 Å². The normalized spacial score (nSPS) is 15.6. The molecule has 0 saturated heterocycles. The van der Waals surface area contributed by atoms with Gasteiger partial charge in [-0.2, -0.15) is 0 Å². The third-order valence-electron chi connectivity index (χ3n) is 1.95. The van der Waals surface area contributed by atoms with Crippen LogP contribution in [0.3, 0.4) is 0 Å². The summed E-state index contributed by atoms with van der Waals surface area (Å²) < 4.78 is 5.21. The molecule has 0 aromatic carbocycles. The van der Waals surface area contributed by atoms with Crippen molar-refractivity contribution < 1.29 is 14.6 Å². The van der Waals surface area contributed by atoms with E-state index >= 15 is 0 Å².